The summed E-state index contributed by atoms with van der Waals surface area (Å²) in [6.45, 7) is 2.45. The van der Waals surface area contributed by atoms with Crippen LogP contribution >= 0.6 is 11.6 Å². The van der Waals surface area contributed by atoms with Crippen LogP contribution in [0, 0.1) is 0 Å². The number of anilines is 1. The van der Waals surface area contributed by atoms with Crippen LogP contribution in [0.25, 0.3) is 0 Å². The molecular weight excluding hydrogens is 256 g/mol. The molecule has 2 nitrogen and oxygen atoms in total. The first kappa shape index (κ1) is 13.9. The zero-order valence-electron chi connectivity index (χ0n) is 10.9. The Morgan fingerprint density at radius 2 is 1.63 bits per heavy atom. The quantitative estimate of drug-likeness (QED) is 0.870. The van der Waals surface area contributed by atoms with Crippen molar-refractivity contribution >= 4 is 17.3 Å². The van der Waals surface area contributed by atoms with E-state index in [1.165, 1.54) is 5.69 Å². The van der Waals surface area contributed by atoms with E-state index in [4.69, 9.17) is 17.3 Å². The van der Waals surface area contributed by atoms with Crippen LogP contribution in [0.3, 0.4) is 0 Å². The van der Waals surface area contributed by atoms with E-state index in [0.717, 1.165) is 30.1 Å². The molecule has 0 aromatic heterocycles. The van der Waals surface area contributed by atoms with Crippen LogP contribution in [0.4, 0.5) is 5.69 Å². The standard InChI is InChI=1S/C16H19ClN2/c17-16-10-5-4-7-14(16)13-19(12-6-11-18)15-8-2-1-3-9-15/h1-5,7-10H,6,11-13,18H2. The van der Waals surface area contributed by atoms with E-state index in [-0.39, 0.29) is 0 Å². The van der Waals surface area contributed by atoms with Crippen LogP contribution in [-0.2, 0) is 6.54 Å². The summed E-state index contributed by atoms with van der Waals surface area (Å²) in [5.74, 6) is 0. The van der Waals surface area contributed by atoms with Gasteiger partial charge in [-0.25, -0.2) is 0 Å². The highest BCUT2D eigenvalue weighted by Crippen LogP contribution is 2.21. The second-order valence-electron chi connectivity index (χ2n) is 4.49. The van der Waals surface area contributed by atoms with E-state index in [1.807, 2.05) is 24.3 Å². The number of nitrogens with zero attached hydrogens (tertiary/aromatic N) is 1. The maximum Gasteiger partial charge on any atom is 0.0455 e. The largest absolute Gasteiger partial charge is 0.367 e. The Morgan fingerprint density at radius 1 is 0.947 bits per heavy atom. The summed E-state index contributed by atoms with van der Waals surface area (Å²) in [5, 5.41) is 0.816. The van der Waals surface area contributed by atoms with E-state index in [2.05, 4.69) is 35.2 Å². The molecule has 0 fully saturated rings. The Labute approximate surface area is 119 Å². The van der Waals surface area contributed by atoms with Gasteiger partial charge in [0.15, 0.2) is 0 Å². The van der Waals surface area contributed by atoms with Gasteiger partial charge in [0, 0.05) is 23.8 Å². The van der Waals surface area contributed by atoms with Crippen LogP contribution in [0.5, 0.6) is 0 Å². The summed E-state index contributed by atoms with van der Waals surface area (Å²) >= 11 is 6.24. The molecule has 0 aliphatic carbocycles. The molecule has 2 N–H and O–H groups in total. The Morgan fingerprint density at radius 3 is 2.32 bits per heavy atom. The monoisotopic (exact) mass is 274 g/mol. The topological polar surface area (TPSA) is 29.3 Å². The van der Waals surface area contributed by atoms with Crippen molar-refractivity contribution in [1.82, 2.24) is 0 Å². The van der Waals surface area contributed by atoms with Gasteiger partial charge in [0.1, 0.15) is 0 Å². The summed E-state index contributed by atoms with van der Waals surface area (Å²) in [7, 11) is 0. The molecule has 0 atom stereocenters. The molecule has 0 aliphatic heterocycles. The van der Waals surface area contributed by atoms with Crippen molar-refractivity contribution in [2.45, 2.75) is 13.0 Å². The fourth-order valence-electron chi connectivity index (χ4n) is 2.05. The molecule has 100 valence electrons. The van der Waals surface area contributed by atoms with Crippen LogP contribution in [0.15, 0.2) is 54.6 Å². The third-order valence-corrected chi connectivity index (χ3v) is 3.44. The zero-order chi connectivity index (χ0) is 13.5. The molecule has 0 spiro atoms. The predicted octanol–water partition coefficient (Wildman–Crippen LogP) is 3.70. The van der Waals surface area contributed by atoms with Crippen molar-refractivity contribution in [3.8, 4) is 0 Å². The Kier molecular flexibility index (Phi) is 5.25. The molecule has 0 radical (unpaired) electrons. The maximum atomic E-state index is 6.24. The second-order valence-corrected chi connectivity index (χ2v) is 4.90. The smallest absolute Gasteiger partial charge is 0.0455 e. The first-order valence-corrected chi connectivity index (χ1v) is 6.92. The molecule has 2 rings (SSSR count). The zero-order valence-corrected chi connectivity index (χ0v) is 11.7. The van der Waals surface area contributed by atoms with Crippen molar-refractivity contribution in [3.05, 3.63) is 65.2 Å². The molecule has 0 aliphatic rings. The third kappa shape index (κ3) is 3.98. The molecule has 19 heavy (non-hydrogen) atoms. The van der Waals surface area contributed by atoms with E-state index < -0.39 is 0 Å². The number of nitrogens with two attached hydrogens (primary N) is 1. The molecule has 2 aromatic carbocycles. The van der Waals surface area contributed by atoms with Crippen LogP contribution in [0.2, 0.25) is 5.02 Å². The van der Waals surface area contributed by atoms with Crippen molar-refractivity contribution in [2.24, 2.45) is 5.73 Å². The Hall–Kier alpha value is -1.51. The van der Waals surface area contributed by atoms with Crippen molar-refractivity contribution in [1.29, 1.82) is 0 Å². The van der Waals surface area contributed by atoms with Gasteiger partial charge in [0.25, 0.3) is 0 Å². The Bertz CT molecular complexity index is 499. The van der Waals surface area contributed by atoms with Gasteiger partial charge in [-0.15, -0.1) is 0 Å². The average Bonchev–Trinajstić information content (AvgIpc) is 2.46. The highest BCUT2D eigenvalue weighted by atomic mass is 35.5. The average molecular weight is 275 g/mol. The van der Waals surface area contributed by atoms with Gasteiger partial charge in [-0.1, -0.05) is 48.0 Å². The molecule has 3 heteroatoms. The van der Waals surface area contributed by atoms with Crippen LogP contribution in [0.1, 0.15) is 12.0 Å². The van der Waals surface area contributed by atoms with E-state index in [0.29, 0.717) is 6.54 Å². The fourth-order valence-corrected chi connectivity index (χ4v) is 2.25. The maximum absolute atomic E-state index is 6.24. The second kappa shape index (κ2) is 7.17. The first-order valence-electron chi connectivity index (χ1n) is 6.54. The number of benzene rings is 2. The third-order valence-electron chi connectivity index (χ3n) is 3.07. The lowest BCUT2D eigenvalue weighted by atomic mass is 10.2. The van der Waals surface area contributed by atoms with Crippen molar-refractivity contribution in [3.63, 3.8) is 0 Å². The van der Waals surface area contributed by atoms with E-state index >= 15 is 0 Å². The fraction of sp³-hybridized carbons (Fsp3) is 0.250. The first-order chi connectivity index (χ1) is 9.31. The highest BCUT2D eigenvalue weighted by molar-refractivity contribution is 6.31. The number of para-hydroxylation sites is 1. The molecule has 0 unspecified atom stereocenters. The van der Waals surface area contributed by atoms with Crippen molar-refractivity contribution in [2.75, 3.05) is 18.0 Å². The van der Waals surface area contributed by atoms with Crippen LogP contribution in [-0.4, -0.2) is 13.1 Å². The number of halogens is 1. The number of hydrogen-bond acceptors (Lipinski definition) is 2. The lowest BCUT2D eigenvalue weighted by molar-refractivity contribution is 0.736. The summed E-state index contributed by atoms with van der Waals surface area (Å²) in [4.78, 5) is 2.31. The van der Waals surface area contributed by atoms with Gasteiger partial charge in [-0.05, 0) is 36.7 Å². The molecule has 0 heterocycles. The highest BCUT2D eigenvalue weighted by Gasteiger charge is 2.08. The predicted molar refractivity (Wildman–Crippen MR) is 82.6 cm³/mol. The lowest BCUT2D eigenvalue weighted by Gasteiger charge is -2.25. The van der Waals surface area contributed by atoms with Crippen molar-refractivity contribution < 1.29 is 0 Å². The van der Waals surface area contributed by atoms with Gasteiger partial charge in [0.2, 0.25) is 0 Å². The molecular formula is C16H19ClN2. The van der Waals surface area contributed by atoms with Gasteiger partial charge < -0.3 is 10.6 Å². The molecule has 0 saturated heterocycles. The minimum absolute atomic E-state index is 0.700. The minimum atomic E-state index is 0.700. The molecule has 0 amide bonds. The van der Waals surface area contributed by atoms with E-state index in [9.17, 15) is 0 Å². The summed E-state index contributed by atoms with van der Waals surface area (Å²) < 4.78 is 0. The van der Waals surface area contributed by atoms with Crippen LogP contribution < -0.4 is 10.6 Å². The summed E-state index contributed by atoms with van der Waals surface area (Å²) in [6, 6.07) is 18.4. The van der Waals surface area contributed by atoms with E-state index in [1.54, 1.807) is 0 Å². The lowest BCUT2D eigenvalue weighted by Crippen LogP contribution is -2.25. The Balaban J connectivity index is 2.17. The van der Waals surface area contributed by atoms with Gasteiger partial charge in [-0.2, -0.15) is 0 Å². The molecule has 0 saturated carbocycles. The SMILES string of the molecule is NCCCN(Cc1ccccc1Cl)c1ccccc1. The number of hydrogen-bond donors (Lipinski definition) is 1. The number of rotatable bonds is 6. The van der Waals surface area contributed by atoms with Gasteiger partial charge in [-0.3, -0.25) is 0 Å². The minimum Gasteiger partial charge on any atom is -0.367 e. The normalized spacial score (nSPS) is 10.4. The van der Waals surface area contributed by atoms with Gasteiger partial charge >= 0.3 is 0 Å². The van der Waals surface area contributed by atoms with Gasteiger partial charge in [0.05, 0.1) is 0 Å². The summed E-state index contributed by atoms with van der Waals surface area (Å²) in [6.07, 6.45) is 0.972. The molecule has 2 aromatic rings. The summed E-state index contributed by atoms with van der Waals surface area (Å²) in [5.41, 5.74) is 7.97. The molecule has 0 bridgehead atoms.